The SMILES string of the molecule is CCN(CC)C1(C(N)C2=CCCCCCC2)CCCC1. The van der Waals surface area contributed by atoms with Crippen molar-refractivity contribution in [3.63, 3.8) is 0 Å². The summed E-state index contributed by atoms with van der Waals surface area (Å²) < 4.78 is 0. The van der Waals surface area contributed by atoms with Crippen molar-refractivity contribution in [1.29, 1.82) is 0 Å². The lowest BCUT2D eigenvalue weighted by molar-refractivity contribution is 0.0868. The third-order valence-corrected chi connectivity index (χ3v) is 5.67. The quantitative estimate of drug-likeness (QED) is 0.762. The molecule has 0 aromatic heterocycles. The van der Waals surface area contributed by atoms with Crippen molar-refractivity contribution >= 4 is 0 Å². The van der Waals surface area contributed by atoms with Crippen molar-refractivity contribution in [3.05, 3.63) is 11.6 Å². The van der Waals surface area contributed by atoms with E-state index >= 15 is 0 Å². The molecule has 0 bridgehead atoms. The van der Waals surface area contributed by atoms with Crippen molar-refractivity contribution < 1.29 is 0 Å². The molecule has 20 heavy (non-hydrogen) atoms. The van der Waals surface area contributed by atoms with Crippen molar-refractivity contribution in [2.75, 3.05) is 13.1 Å². The first-order valence-corrected chi connectivity index (χ1v) is 8.94. The molecule has 2 heteroatoms. The van der Waals surface area contributed by atoms with Gasteiger partial charge in [-0.1, -0.05) is 51.2 Å². The molecule has 0 aromatic carbocycles. The third kappa shape index (κ3) is 3.28. The van der Waals surface area contributed by atoms with Crippen LogP contribution in [-0.4, -0.2) is 29.6 Å². The van der Waals surface area contributed by atoms with Gasteiger partial charge in [0, 0.05) is 11.6 Å². The van der Waals surface area contributed by atoms with E-state index in [4.69, 9.17) is 5.73 Å². The summed E-state index contributed by atoms with van der Waals surface area (Å²) in [6.45, 7) is 6.86. The van der Waals surface area contributed by atoms with E-state index in [0.717, 1.165) is 13.1 Å². The Labute approximate surface area is 125 Å². The van der Waals surface area contributed by atoms with Gasteiger partial charge in [-0.25, -0.2) is 0 Å². The van der Waals surface area contributed by atoms with E-state index in [-0.39, 0.29) is 11.6 Å². The minimum absolute atomic E-state index is 0.258. The van der Waals surface area contributed by atoms with Gasteiger partial charge in [-0.3, -0.25) is 4.90 Å². The molecule has 0 amide bonds. The highest BCUT2D eigenvalue weighted by molar-refractivity contribution is 5.20. The maximum Gasteiger partial charge on any atom is 0.0441 e. The Morgan fingerprint density at radius 2 is 1.70 bits per heavy atom. The van der Waals surface area contributed by atoms with E-state index in [1.165, 1.54) is 64.2 Å². The van der Waals surface area contributed by atoms with Gasteiger partial charge in [0.25, 0.3) is 0 Å². The Kier molecular flexibility index (Phi) is 6.10. The zero-order chi connectivity index (χ0) is 14.4. The molecule has 1 fully saturated rings. The van der Waals surface area contributed by atoms with Gasteiger partial charge < -0.3 is 5.73 Å². The van der Waals surface area contributed by atoms with Crippen LogP contribution in [0.1, 0.15) is 78.1 Å². The summed E-state index contributed by atoms with van der Waals surface area (Å²) in [5, 5.41) is 0. The molecule has 2 rings (SSSR count). The largest absolute Gasteiger partial charge is 0.323 e. The predicted octanol–water partition coefficient (Wildman–Crippen LogP) is 4.25. The molecule has 0 aliphatic heterocycles. The maximum atomic E-state index is 6.85. The first kappa shape index (κ1) is 16.0. The average Bonchev–Trinajstić information content (AvgIpc) is 2.90. The molecule has 0 spiro atoms. The zero-order valence-corrected chi connectivity index (χ0v) is 13.7. The molecule has 2 aliphatic carbocycles. The lowest BCUT2D eigenvalue weighted by atomic mass is 9.79. The average molecular weight is 278 g/mol. The summed E-state index contributed by atoms with van der Waals surface area (Å²) >= 11 is 0. The van der Waals surface area contributed by atoms with Crippen LogP contribution < -0.4 is 5.73 Å². The van der Waals surface area contributed by atoms with Crippen LogP contribution >= 0.6 is 0 Å². The van der Waals surface area contributed by atoms with Crippen LogP contribution in [0.15, 0.2) is 11.6 Å². The van der Waals surface area contributed by atoms with Crippen LogP contribution in [0.5, 0.6) is 0 Å². The van der Waals surface area contributed by atoms with Crippen molar-refractivity contribution in [3.8, 4) is 0 Å². The summed E-state index contributed by atoms with van der Waals surface area (Å²) in [5.74, 6) is 0. The molecule has 1 saturated carbocycles. The van der Waals surface area contributed by atoms with Gasteiger partial charge in [0.15, 0.2) is 0 Å². The molecule has 2 aliphatic rings. The lowest BCUT2D eigenvalue weighted by Crippen LogP contribution is -2.59. The number of allylic oxidation sites excluding steroid dienone is 1. The topological polar surface area (TPSA) is 29.3 Å². The van der Waals surface area contributed by atoms with Crippen LogP contribution in [0.4, 0.5) is 0 Å². The predicted molar refractivity (Wildman–Crippen MR) is 87.9 cm³/mol. The monoisotopic (exact) mass is 278 g/mol. The molecule has 116 valence electrons. The number of hydrogen-bond donors (Lipinski definition) is 1. The smallest absolute Gasteiger partial charge is 0.0441 e. The van der Waals surface area contributed by atoms with Gasteiger partial charge in [-0.2, -0.15) is 0 Å². The van der Waals surface area contributed by atoms with E-state index in [1.807, 2.05) is 0 Å². The molecule has 2 nitrogen and oxygen atoms in total. The van der Waals surface area contributed by atoms with Gasteiger partial charge in [-0.15, -0.1) is 0 Å². The molecule has 1 atom stereocenters. The van der Waals surface area contributed by atoms with E-state index in [0.29, 0.717) is 0 Å². The molecular formula is C18H34N2. The van der Waals surface area contributed by atoms with Crippen molar-refractivity contribution in [2.24, 2.45) is 5.73 Å². The van der Waals surface area contributed by atoms with Gasteiger partial charge in [-0.05, 0) is 51.6 Å². The summed E-state index contributed by atoms with van der Waals surface area (Å²) in [6.07, 6.45) is 15.8. The molecule has 0 saturated heterocycles. The molecule has 0 aromatic rings. The normalized spacial score (nSPS) is 25.1. The summed E-state index contributed by atoms with van der Waals surface area (Å²) in [4.78, 5) is 2.66. The summed E-state index contributed by atoms with van der Waals surface area (Å²) in [7, 11) is 0. The number of hydrogen-bond acceptors (Lipinski definition) is 2. The highest BCUT2D eigenvalue weighted by Gasteiger charge is 2.44. The lowest BCUT2D eigenvalue weighted by Gasteiger charge is -2.46. The number of rotatable bonds is 5. The first-order chi connectivity index (χ1) is 9.74. The summed E-state index contributed by atoms with van der Waals surface area (Å²) in [6, 6.07) is 0.267. The standard InChI is InChI=1S/C18H34N2/c1-3-20(4-2)18(14-10-11-15-18)17(19)16-12-8-6-5-7-9-13-16/h12,17H,3-11,13-15,19H2,1-2H3. The Morgan fingerprint density at radius 3 is 2.35 bits per heavy atom. The van der Waals surface area contributed by atoms with Crippen LogP contribution in [-0.2, 0) is 0 Å². The Bertz CT molecular complexity index is 311. The van der Waals surface area contributed by atoms with Crippen LogP contribution in [0.25, 0.3) is 0 Å². The number of nitrogens with zero attached hydrogens (tertiary/aromatic N) is 1. The van der Waals surface area contributed by atoms with Crippen molar-refractivity contribution in [2.45, 2.75) is 89.6 Å². The highest BCUT2D eigenvalue weighted by atomic mass is 15.2. The fraction of sp³-hybridized carbons (Fsp3) is 0.889. The van der Waals surface area contributed by atoms with Gasteiger partial charge >= 0.3 is 0 Å². The maximum absolute atomic E-state index is 6.85. The van der Waals surface area contributed by atoms with Crippen LogP contribution in [0.3, 0.4) is 0 Å². The van der Waals surface area contributed by atoms with Gasteiger partial charge in [0.05, 0.1) is 0 Å². The molecule has 0 heterocycles. The van der Waals surface area contributed by atoms with Crippen molar-refractivity contribution in [1.82, 2.24) is 4.90 Å². The first-order valence-electron chi connectivity index (χ1n) is 8.94. The minimum atomic E-state index is 0.258. The second-order valence-electron chi connectivity index (χ2n) is 6.69. The molecular weight excluding hydrogens is 244 g/mol. The summed E-state index contributed by atoms with van der Waals surface area (Å²) in [5.41, 5.74) is 8.68. The Hall–Kier alpha value is -0.340. The fourth-order valence-corrected chi connectivity index (χ4v) is 4.51. The molecule has 0 radical (unpaired) electrons. The second kappa shape index (κ2) is 7.61. The number of likely N-dealkylation sites (N-methyl/N-ethyl adjacent to an activating group) is 1. The van der Waals surface area contributed by atoms with E-state index in [2.05, 4.69) is 24.8 Å². The molecule has 2 N–H and O–H groups in total. The van der Waals surface area contributed by atoms with E-state index in [9.17, 15) is 0 Å². The van der Waals surface area contributed by atoms with Gasteiger partial charge in [0.1, 0.15) is 0 Å². The van der Waals surface area contributed by atoms with E-state index < -0.39 is 0 Å². The van der Waals surface area contributed by atoms with Gasteiger partial charge in [0.2, 0.25) is 0 Å². The second-order valence-corrected chi connectivity index (χ2v) is 6.69. The zero-order valence-electron chi connectivity index (χ0n) is 13.7. The Morgan fingerprint density at radius 1 is 1.05 bits per heavy atom. The highest BCUT2D eigenvalue weighted by Crippen LogP contribution is 2.40. The minimum Gasteiger partial charge on any atom is -0.323 e. The number of nitrogens with two attached hydrogens (primary N) is 1. The van der Waals surface area contributed by atoms with Crippen LogP contribution in [0.2, 0.25) is 0 Å². The Balaban J connectivity index is 2.19. The third-order valence-electron chi connectivity index (χ3n) is 5.67. The van der Waals surface area contributed by atoms with Crippen LogP contribution in [0, 0.1) is 0 Å². The van der Waals surface area contributed by atoms with E-state index in [1.54, 1.807) is 5.57 Å². The fourth-order valence-electron chi connectivity index (χ4n) is 4.51. The molecule has 1 unspecified atom stereocenters.